The standard InChI is InChI=1S/C12H14O4/c1-12(2,3)7-5-9-6(4-8(7)13)10(14)11(15)16-9/h4-5,13-15H,1-3H3. The normalized spacial score (nSPS) is 12.2. The molecule has 0 fully saturated rings. The van der Waals surface area contributed by atoms with Crippen molar-refractivity contribution in [3.05, 3.63) is 17.7 Å². The molecule has 4 nitrogen and oxygen atoms in total. The zero-order chi connectivity index (χ0) is 12.1. The van der Waals surface area contributed by atoms with Crippen LogP contribution in [0.1, 0.15) is 26.3 Å². The van der Waals surface area contributed by atoms with Crippen LogP contribution in [0.3, 0.4) is 0 Å². The number of rotatable bonds is 0. The monoisotopic (exact) mass is 222 g/mol. The topological polar surface area (TPSA) is 73.8 Å². The molecule has 0 aliphatic heterocycles. The van der Waals surface area contributed by atoms with Gasteiger partial charge in [-0.15, -0.1) is 0 Å². The van der Waals surface area contributed by atoms with Gasteiger partial charge in [-0.05, 0) is 17.5 Å². The molecule has 16 heavy (non-hydrogen) atoms. The van der Waals surface area contributed by atoms with Crippen molar-refractivity contribution in [3.8, 4) is 17.4 Å². The van der Waals surface area contributed by atoms with Crippen molar-refractivity contribution in [3.63, 3.8) is 0 Å². The fourth-order valence-corrected chi connectivity index (χ4v) is 1.71. The Hall–Kier alpha value is -1.84. The number of phenolic OH excluding ortho intramolecular Hbond substituents is 1. The van der Waals surface area contributed by atoms with Gasteiger partial charge in [-0.1, -0.05) is 20.8 Å². The van der Waals surface area contributed by atoms with Crippen molar-refractivity contribution in [2.24, 2.45) is 0 Å². The summed E-state index contributed by atoms with van der Waals surface area (Å²) in [6.07, 6.45) is 0. The number of fused-ring (bicyclic) bond motifs is 1. The summed E-state index contributed by atoms with van der Waals surface area (Å²) in [7, 11) is 0. The summed E-state index contributed by atoms with van der Waals surface area (Å²) >= 11 is 0. The van der Waals surface area contributed by atoms with Crippen LogP contribution in [-0.4, -0.2) is 15.3 Å². The Balaban J connectivity index is 2.78. The van der Waals surface area contributed by atoms with E-state index in [1.165, 1.54) is 6.07 Å². The van der Waals surface area contributed by atoms with Gasteiger partial charge in [-0.2, -0.15) is 0 Å². The van der Waals surface area contributed by atoms with Gasteiger partial charge < -0.3 is 19.7 Å². The molecule has 0 aliphatic carbocycles. The highest BCUT2D eigenvalue weighted by atomic mass is 16.5. The molecular formula is C12H14O4. The number of hydrogen-bond donors (Lipinski definition) is 3. The van der Waals surface area contributed by atoms with Crippen molar-refractivity contribution in [1.29, 1.82) is 0 Å². The second-order valence-electron chi connectivity index (χ2n) is 4.87. The predicted molar refractivity (Wildman–Crippen MR) is 59.9 cm³/mol. The van der Waals surface area contributed by atoms with Gasteiger partial charge in [0.15, 0.2) is 0 Å². The highest BCUT2D eigenvalue weighted by Crippen LogP contribution is 2.42. The van der Waals surface area contributed by atoms with Gasteiger partial charge in [0, 0.05) is 5.56 Å². The van der Waals surface area contributed by atoms with Crippen LogP contribution in [-0.2, 0) is 5.41 Å². The smallest absolute Gasteiger partial charge is 0.327 e. The molecule has 0 aliphatic rings. The fraction of sp³-hybridized carbons (Fsp3) is 0.333. The van der Waals surface area contributed by atoms with E-state index in [1.807, 2.05) is 20.8 Å². The quantitative estimate of drug-likeness (QED) is 0.640. The lowest BCUT2D eigenvalue weighted by Crippen LogP contribution is -2.10. The van der Waals surface area contributed by atoms with Crippen molar-refractivity contribution in [2.45, 2.75) is 26.2 Å². The molecule has 3 N–H and O–H groups in total. The molecule has 0 unspecified atom stereocenters. The number of phenols is 1. The van der Waals surface area contributed by atoms with Gasteiger partial charge in [0.05, 0.1) is 5.39 Å². The minimum absolute atomic E-state index is 0.0797. The van der Waals surface area contributed by atoms with Crippen LogP contribution < -0.4 is 0 Å². The predicted octanol–water partition coefficient (Wildman–Crippen LogP) is 2.85. The highest BCUT2D eigenvalue weighted by molar-refractivity contribution is 5.88. The van der Waals surface area contributed by atoms with Crippen LogP contribution in [0, 0.1) is 0 Å². The molecular weight excluding hydrogens is 208 g/mol. The molecule has 0 amide bonds. The van der Waals surface area contributed by atoms with Crippen LogP contribution in [0.4, 0.5) is 0 Å². The highest BCUT2D eigenvalue weighted by Gasteiger charge is 2.22. The Morgan fingerprint density at radius 1 is 1.06 bits per heavy atom. The SMILES string of the molecule is CC(C)(C)c1cc2oc(O)c(O)c2cc1O. The number of furan rings is 1. The van der Waals surface area contributed by atoms with Crippen LogP contribution >= 0.6 is 0 Å². The lowest BCUT2D eigenvalue weighted by Gasteiger charge is -2.19. The van der Waals surface area contributed by atoms with Gasteiger partial charge in [-0.25, -0.2) is 0 Å². The molecule has 0 bridgehead atoms. The lowest BCUT2D eigenvalue weighted by molar-refractivity contribution is 0.316. The first-order valence-electron chi connectivity index (χ1n) is 4.98. The molecule has 2 rings (SSSR count). The molecule has 0 saturated carbocycles. The average molecular weight is 222 g/mol. The first kappa shape index (κ1) is 10.7. The number of aromatic hydroxyl groups is 3. The summed E-state index contributed by atoms with van der Waals surface area (Å²) in [6, 6.07) is 3.03. The van der Waals surface area contributed by atoms with E-state index >= 15 is 0 Å². The number of hydrogen-bond acceptors (Lipinski definition) is 4. The fourth-order valence-electron chi connectivity index (χ4n) is 1.71. The Morgan fingerprint density at radius 3 is 2.25 bits per heavy atom. The Labute approximate surface area is 92.7 Å². The van der Waals surface area contributed by atoms with E-state index in [1.54, 1.807) is 6.07 Å². The van der Waals surface area contributed by atoms with Gasteiger partial charge in [-0.3, -0.25) is 0 Å². The van der Waals surface area contributed by atoms with Crippen molar-refractivity contribution in [1.82, 2.24) is 0 Å². The molecule has 0 radical (unpaired) electrons. The zero-order valence-electron chi connectivity index (χ0n) is 9.40. The van der Waals surface area contributed by atoms with E-state index in [0.29, 0.717) is 16.5 Å². The minimum Gasteiger partial charge on any atom is -0.508 e. The van der Waals surface area contributed by atoms with E-state index in [-0.39, 0.29) is 16.9 Å². The molecule has 0 atom stereocenters. The van der Waals surface area contributed by atoms with E-state index < -0.39 is 5.95 Å². The van der Waals surface area contributed by atoms with Gasteiger partial charge in [0.2, 0.25) is 5.75 Å². The van der Waals surface area contributed by atoms with Gasteiger partial charge in [0.25, 0.3) is 0 Å². The lowest BCUT2D eigenvalue weighted by atomic mass is 9.86. The van der Waals surface area contributed by atoms with E-state index in [9.17, 15) is 15.3 Å². The molecule has 4 heteroatoms. The Kier molecular flexibility index (Phi) is 2.05. The molecule has 86 valence electrons. The van der Waals surface area contributed by atoms with E-state index in [2.05, 4.69) is 0 Å². The maximum atomic E-state index is 9.84. The van der Waals surface area contributed by atoms with Crippen LogP contribution in [0.2, 0.25) is 0 Å². The summed E-state index contributed by atoms with van der Waals surface area (Å²) in [4.78, 5) is 0. The van der Waals surface area contributed by atoms with Crippen molar-refractivity contribution < 1.29 is 19.7 Å². The molecule has 2 aromatic rings. The summed E-state index contributed by atoms with van der Waals surface area (Å²) in [6.45, 7) is 5.86. The average Bonchev–Trinajstić information content (AvgIpc) is 2.41. The molecule has 1 heterocycles. The molecule has 0 saturated heterocycles. The van der Waals surface area contributed by atoms with Crippen molar-refractivity contribution >= 4 is 11.0 Å². The summed E-state index contributed by atoms with van der Waals surface area (Å²) in [5, 5.41) is 28.8. The summed E-state index contributed by atoms with van der Waals surface area (Å²) < 4.78 is 4.98. The second kappa shape index (κ2) is 3.07. The van der Waals surface area contributed by atoms with Gasteiger partial charge in [0.1, 0.15) is 11.3 Å². The summed E-state index contributed by atoms with van der Waals surface area (Å²) in [5.74, 6) is -0.790. The zero-order valence-corrected chi connectivity index (χ0v) is 9.40. The second-order valence-corrected chi connectivity index (χ2v) is 4.87. The molecule has 1 aromatic heterocycles. The third kappa shape index (κ3) is 1.46. The van der Waals surface area contributed by atoms with Crippen LogP contribution in [0.25, 0.3) is 11.0 Å². The molecule has 0 spiro atoms. The number of benzene rings is 1. The first-order valence-corrected chi connectivity index (χ1v) is 4.98. The largest absolute Gasteiger partial charge is 0.508 e. The van der Waals surface area contributed by atoms with E-state index in [4.69, 9.17) is 4.42 Å². The van der Waals surface area contributed by atoms with Gasteiger partial charge >= 0.3 is 5.95 Å². The summed E-state index contributed by atoms with van der Waals surface area (Å²) in [5.41, 5.74) is 0.822. The maximum absolute atomic E-state index is 9.84. The Bertz CT molecular complexity index is 546. The Morgan fingerprint density at radius 2 is 1.69 bits per heavy atom. The third-order valence-electron chi connectivity index (χ3n) is 2.57. The third-order valence-corrected chi connectivity index (χ3v) is 2.57. The van der Waals surface area contributed by atoms with Crippen LogP contribution in [0.15, 0.2) is 16.5 Å². The molecule has 1 aromatic carbocycles. The first-order chi connectivity index (χ1) is 7.30. The maximum Gasteiger partial charge on any atom is 0.327 e. The minimum atomic E-state index is -0.527. The van der Waals surface area contributed by atoms with Crippen molar-refractivity contribution in [2.75, 3.05) is 0 Å². The van der Waals surface area contributed by atoms with E-state index in [0.717, 1.165) is 0 Å². The van der Waals surface area contributed by atoms with Crippen LogP contribution in [0.5, 0.6) is 17.4 Å².